The van der Waals surface area contributed by atoms with Crippen LogP contribution in [-0.4, -0.2) is 57.8 Å². The van der Waals surface area contributed by atoms with Crippen molar-refractivity contribution in [1.82, 2.24) is 15.5 Å². The van der Waals surface area contributed by atoms with E-state index in [2.05, 4.69) is 10.6 Å². The smallest absolute Gasteiger partial charge is 0.227 e. The summed E-state index contributed by atoms with van der Waals surface area (Å²) < 4.78 is 10.8. The Morgan fingerprint density at radius 2 is 1.61 bits per heavy atom. The number of ether oxygens (including phenoxy) is 2. The van der Waals surface area contributed by atoms with Gasteiger partial charge in [-0.25, -0.2) is 0 Å². The molecule has 1 amide bonds. The van der Waals surface area contributed by atoms with Gasteiger partial charge in [0.15, 0.2) is 11.5 Å². The maximum Gasteiger partial charge on any atom is 0.227 e. The van der Waals surface area contributed by atoms with Crippen LogP contribution in [0.4, 0.5) is 5.69 Å². The fraction of sp³-hybridized carbons (Fsp3) is 0.458. The van der Waals surface area contributed by atoms with Crippen LogP contribution in [-0.2, 0) is 24.2 Å². The number of hydrogen-bond acceptors (Lipinski definition) is 6. The quantitative estimate of drug-likeness (QED) is 0.328. The molecule has 2 aromatic rings. The highest BCUT2D eigenvalue weighted by Gasteiger charge is 2.22. The number of nitrogens with one attached hydrogen (secondary N) is 2. The van der Waals surface area contributed by atoms with Crippen molar-refractivity contribution in [1.29, 1.82) is 0 Å². The van der Waals surface area contributed by atoms with E-state index in [0.29, 0.717) is 40.2 Å². The Morgan fingerprint density at radius 1 is 0.970 bits per heavy atom. The van der Waals surface area contributed by atoms with Crippen LogP contribution in [0.1, 0.15) is 23.1 Å². The Morgan fingerprint density at radius 3 is 2.27 bits per heavy atom. The minimum absolute atomic E-state index is 0.156. The molecular formula is C24H32Cl2N4O3. The number of rotatable bonds is 11. The minimum atomic E-state index is 0.156. The van der Waals surface area contributed by atoms with Gasteiger partial charge in [0.05, 0.1) is 36.4 Å². The van der Waals surface area contributed by atoms with E-state index >= 15 is 0 Å². The number of nitrogen functional groups attached to an aromatic ring is 1. The molecule has 0 aliphatic carbocycles. The monoisotopic (exact) mass is 494 g/mol. The molecule has 0 radical (unpaired) electrons. The summed E-state index contributed by atoms with van der Waals surface area (Å²) in [7, 11) is 3.24. The van der Waals surface area contributed by atoms with Crippen LogP contribution in [0.2, 0.25) is 10.0 Å². The van der Waals surface area contributed by atoms with Crippen LogP contribution < -0.4 is 25.8 Å². The zero-order chi connectivity index (χ0) is 23.8. The summed E-state index contributed by atoms with van der Waals surface area (Å²) in [6, 6.07) is 7.57. The van der Waals surface area contributed by atoms with Gasteiger partial charge >= 0.3 is 0 Å². The molecule has 1 heterocycles. The average Bonchev–Trinajstić information content (AvgIpc) is 2.95. The molecule has 0 bridgehead atoms. The van der Waals surface area contributed by atoms with Crippen LogP contribution >= 0.6 is 23.2 Å². The second-order valence-electron chi connectivity index (χ2n) is 8.04. The molecule has 1 aliphatic rings. The number of nitrogens with two attached hydrogens (primary N) is 1. The maximum atomic E-state index is 12.7. The number of amides is 1. The van der Waals surface area contributed by atoms with E-state index in [1.807, 2.05) is 29.2 Å². The average molecular weight is 495 g/mol. The van der Waals surface area contributed by atoms with Gasteiger partial charge in [-0.15, -0.1) is 0 Å². The highest BCUT2D eigenvalue weighted by Crippen LogP contribution is 2.32. The Bertz CT molecular complexity index is 948. The van der Waals surface area contributed by atoms with E-state index in [4.69, 9.17) is 38.4 Å². The van der Waals surface area contributed by atoms with Crippen molar-refractivity contribution in [3.05, 3.63) is 51.0 Å². The Hall–Kier alpha value is -2.19. The first-order chi connectivity index (χ1) is 15.9. The second-order valence-corrected chi connectivity index (χ2v) is 8.85. The molecule has 0 saturated heterocycles. The summed E-state index contributed by atoms with van der Waals surface area (Å²) in [4.78, 5) is 14.7. The molecule has 2 aromatic carbocycles. The fourth-order valence-corrected chi connectivity index (χ4v) is 4.45. The summed E-state index contributed by atoms with van der Waals surface area (Å²) >= 11 is 12.1. The van der Waals surface area contributed by atoms with Crippen LogP contribution in [0.3, 0.4) is 0 Å². The lowest BCUT2D eigenvalue weighted by Gasteiger charge is -2.20. The Balaban J connectivity index is 1.35. The van der Waals surface area contributed by atoms with Gasteiger partial charge in [-0.05, 0) is 60.3 Å². The molecule has 0 saturated carbocycles. The van der Waals surface area contributed by atoms with E-state index in [1.165, 1.54) is 0 Å². The van der Waals surface area contributed by atoms with Crippen LogP contribution in [0.25, 0.3) is 0 Å². The SMILES string of the molecule is COc1cc2c(cc1OC)CC(=O)N(CCCNCCNCc1cc(Cl)c(N)c(Cl)c1)CC2. The number of nitrogens with zero attached hydrogens (tertiary/aromatic N) is 1. The number of fused-ring (bicyclic) bond motifs is 1. The fourth-order valence-electron chi connectivity index (χ4n) is 3.92. The maximum absolute atomic E-state index is 12.7. The molecule has 0 spiro atoms. The van der Waals surface area contributed by atoms with Gasteiger partial charge in [0.25, 0.3) is 0 Å². The number of carbonyl (C=O) groups excluding carboxylic acids is 1. The normalized spacial score (nSPS) is 13.6. The van der Waals surface area contributed by atoms with Gasteiger partial charge in [0, 0.05) is 32.7 Å². The minimum Gasteiger partial charge on any atom is -0.493 e. The summed E-state index contributed by atoms with van der Waals surface area (Å²) in [6.45, 7) is 4.61. The number of halogens is 2. The number of hydrogen-bond donors (Lipinski definition) is 3. The lowest BCUT2D eigenvalue weighted by Crippen LogP contribution is -2.35. The second kappa shape index (κ2) is 12.3. The van der Waals surface area contributed by atoms with Gasteiger partial charge in [0.1, 0.15) is 0 Å². The summed E-state index contributed by atoms with van der Waals surface area (Å²) in [5.41, 5.74) is 9.34. The van der Waals surface area contributed by atoms with Crippen molar-refractivity contribution >= 4 is 34.8 Å². The predicted molar refractivity (Wildman–Crippen MR) is 134 cm³/mol. The van der Waals surface area contributed by atoms with E-state index in [-0.39, 0.29) is 5.91 Å². The summed E-state index contributed by atoms with van der Waals surface area (Å²) in [5, 5.41) is 7.72. The van der Waals surface area contributed by atoms with Gasteiger partial charge in [-0.3, -0.25) is 4.79 Å². The molecule has 33 heavy (non-hydrogen) atoms. The number of anilines is 1. The van der Waals surface area contributed by atoms with Gasteiger partial charge < -0.3 is 30.7 Å². The topological polar surface area (TPSA) is 88.9 Å². The first-order valence-electron chi connectivity index (χ1n) is 11.1. The number of methoxy groups -OCH3 is 2. The zero-order valence-electron chi connectivity index (χ0n) is 19.2. The molecule has 1 aliphatic heterocycles. The molecule has 0 fully saturated rings. The van der Waals surface area contributed by atoms with Gasteiger partial charge in [0.2, 0.25) is 5.91 Å². The van der Waals surface area contributed by atoms with Gasteiger partial charge in [-0.2, -0.15) is 0 Å². The highest BCUT2D eigenvalue weighted by atomic mass is 35.5. The van der Waals surface area contributed by atoms with E-state index in [0.717, 1.165) is 62.3 Å². The Labute approximate surface area is 205 Å². The van der Waals surface area contributed by atoms with Crippen molar-refractivity contribution in [2.75, 3.05) is 52.7 Å². The van der Waals surface area contributed by atoms with E-state index in [9.17, 15) is 4.79 Å². The first-order valence-corrected chi connectivity index (χ1v) is 11.8. The van der Waals surface area contributed by atoms with Crippen LogP contribution in [0.15, 0.2) is 24.3 Å². The first kappa shape index (κ1) is 25.4. The third kappa shape index (κ3) is 6.90. The van der Waals surface area contributed by atoms with E-state index in [1.54, 1.807) is 14.2 Å². The number of benzene rings is 2. The molecule has 0 unspecified atom stereocenters. The molecule has 0 atom stereocenters. The standard InChI is InChI=1S/C24H32Cl2N4O3/c1-32-21-12-17-4-9-30(23(31)14-18(17)13-22(21)33-2)8-3-5-28-6-7-29-15-16-10-19(25)24(27)20(26)11-16/h10-13,28-29H,3-9,14-15,27H2,1-2H3. The molecule has 0 aromatic heterocycles. The number of carbonyl (C=O) groups is 1. The molecule has 4 N–H and O–H groups in total. The lowest BCUT2D eigenvalue weighted by molar-refractivity contribution is -0.130. The van der Waals surface area contributed by atoms with Crippen molar-refractivity contribution in [2.45, 2.75) is 25.8 Å². The molecule has 9 heteroatoms. The van der Waals surface area contributed by atoms with Crippen molar-refractivity contribution in [3.63, 3.8) is 0 Å². The summed E-state index contributed by atoms with van der Waals surface area (Å²) in [6.07, 6.45) is 2.11. The third-order valence-electron chi connectivity index (χ3n) is 5.78. The zero-order valence-corrected chi connectivity index (χ0v) is 20.7. The van der Waals surface area contributed by atoms with Crippen LogP contribution in [0.5, 0.6) is 11.5 Å². The highest BCUT2D eigenvalue weighted by molar-refractivity contribution is 6.38. The van der Waals surface area contributed by atoms with Gasteiger partial charge in [-0.1, -0.05) is 23.2 Å². The molecule has 3 rings (SSSR count). The summed E-state index contributed by atoms with van der Waals surface area (Å²) in [5.74, 6) is 1.53. The van der Waals surface area contributed by atoms with Crippen molar-refractivity contribution < 1.29 is 14.3 Å². The molecule has 7 nitrogen and oxygen atoms in total. The van der Waals surface area contributed by atoms with E-state index < -0.39 is 0 Å². The van der Waals surface area contributed by atoms with Crippen molar-refractivity contribution in [3.8, 4) is 11.5 Å². The predicted octanol–water partition coefficient (Wildman–Crippen LogP) is 3.29. The Kier molecular flexibility index (Phi) is 9.50. The largest absolute Gasteiger partial charge is 0.493 e. The lowest BCUT2D eigenvalue weighted by atomic mass is 10.0. The third-order valence-corrected chi connectivity index (χ3v) is 6.40. The van der Waals surface area contributed by atoms with Crippen molar-refractivity contribution in [2.24, 2.45) is 0 Å². The van der Waals surface area contributed by atoms with Crippen LogP contribution in [0, 0.1) is 0 Å². The molecule has 180 valence electrons. The molecular weight excluding hydrogens is 463 g/mol.